The van der Waals surface area contributed by atoms with Crippen LogP contribution in [0.3, 0.4) is 0 Å². The number of nitrogens with zero attached hydrogens (tertiary/aromatic N) is 2. The van der Waals surface area contributed by atoms with E-state index in [0.29, 0.717) is 6.61 Å². The minimum atomic E-state index is -3.04. The molecule has 0 amide bonds. The van der Waals surface area contributed by atoms with E-state index in [9.17, 15) is 8.42 Å². The number of hydrogen-bond acceptors (Lipinski definition) is 7. The molecule has 0 aliphatic carbocycles. The Balaban J connectivity index is 1.94. The summed E-state index contributed by atoms with van der Waals surface area (Å²) in [6.45, 7) is 0.622. The van der Waals surface area contributed by atoms with Crippen molar-refractivity contribution in [3.63, 3.8) is 0 Å². The van der Waals surface area contributed by atoms with Crippen molar-refractivity contribution in [1.82, 2.24) is 0 Å². The minimum Gasteiger partial charge on any atom is -0.495 e. The van der Waals surface area contributed by atoms with Crippen molar-refractivity contribution >= 4 is 32.5 Å². The molecule has 1 saturated heterocycles. The van der Waals surface area contributed by atoms with Crippen LogP contribution in [0.15, 0.2) is 29.3 Å². The Hall–Kier alpha value is -1.25. The van der Waals surface area contributed by atoms with Crippen molar-refractivity contribution in [3.05, 3.63) is 24.3 Å². The van der Waals surface area contributed by atoms with E-state index >= 15 is 0 Å². The third kappa shape index (κ3) is 3.34. The molecule has 0 radical (unpaired) electrons. The smallest absolute Gasteiger partial charge is 0.164 e. The molecular weight excluding hydrogens is 336 g/mol. The zero-order chi connectivity index (χ0) is 16.4. The molecule has 1 aromatic carbocycles. The first-order valence-electron chi connectivity index (χ1n) is 7.38. The van der Waals surface area contributed by atoms with Gasteiger partial charge >= 0.3 is 0 Å². The molecule has 3 rings (SSSR count). The lowest BCUT2D eigenvalue weighted by atomic mass is 10.1. The van der Waals surface area contributed by atoms with Gasteiger partial charge in [-0.2, -0.15) is 0 Å². The zero-order valence-electron chi connectivity index (χ0n) is 13.1. The van der Waals surface area contributed by atoms with E-state index < -0.39 is 9.84 Å². The average molecular weight is 356 g/mol. The second-order valence-corrected chi connectivity index (χ2v) is 8.72. The molecule has 1 fully saturated rings. The van der Waals surface area contributed by atoms with Gasteiger partial charge in [-0.05, 0) is 12.1 Å². The van der Waals surface area contributed by atoms with E-state index in [0.717, 1.165) is 22.4 Å². The average Bonchev–Trinajstić information content (AvgIpc) is 2.98. The van der Waals surface area contributed by atoms with Gasteiger partial charge in [-0.3, -0.25) is 4.99 Å². The molecule has 6 nitrogen and oxygen atoms in total. The lowest BCUT2D eigenvalue weighted by Gasteiger charge is -2.27. The fraction of sp³-hybridized carbons (Fsp3) is 0.533. The van der Waals surface area contributed by atoms with Crippen LogP contribution < -0.4 is 9.64 Å². The number of para-hydroxylation sites is 2. The SMILES string of the molecule is COCCSC1=NC2CS(=O)(=O)CC2N1c1ccccc1OC. The van der Waals surface area contributed by atoms with Crippen LogP contribution in [0.2, 0.25) is 0 Å². The molecule has 2 aliphatic heterocycles. The van der Waals surface area contributed by atoms with Gasteiger partial charge in [0.1, 0.15) is 5.75 Å². The quantitative estimate of drug-likeness (QED) is 0.743. The second-order valence-electron chi connectivity index (χ2n) is 5.51. The highest BCUT2D eigenvalue weighted by Gasteiger charge is 2.47. The maximum Gasteiger partial charge on any atom is 0.164 e. The maximum absolute atomic E-state index is 12.0. The van der Waals surface area contributed by atoms with Crippen LogP contribution in [0.1, 0.15) is 0 Å². The fourth-order valence-electron chi connectivity index (χ4n) is 2.96. The van der Waals surface area contributed by atoms with E-state index in [4.69, 9.17) is 9.47 Å². The Morgan fingerprint density at radius 2 is 2.09 bits per heavy atom. The molecule has 0 N–H and O–H groups in total. The molecular formula is C15H20N2O4S2. The molecule has 23 heavy (non-hydrogen) atoms. The molecule has 2 unspecified atom stereocenters. The Kier molecular flexibility index (Phi) is 4.84. The first kappa shape index (κ1) is 16.6. The molecule has 0 aromatic heterocycles. The van der Waals surface area contributed by atoms with Crippen molar-refractivity contribution in [2.75, 3.05) is 43.0 Å². The largest absolute Gasteiger partial charge is 0.495 e. The number of benzene rings is 1. The van der Waals surface area contributed by atoms with Gasteiger partial charge in [0, 0.05) is 12.9 Å². The van der Waals surface area contributed by atoms with E-state index in [1.54, 1.807) is 26.0 Å². The number of sulfone groups is 1. The number of amidine groups is 1. The first-order chi connectivity index (χ1) is 11.1. The molecule has 2 aliphatic rings. The van der Waals surface area contributed by atoms with Gasteiger partial charge in [0.15, 0.2) is 15.0 Å². The van der Waals surface area contributed by atoms with Crippen molar-refractivity contribution in [2.24, 2.45) is 4.99 Å². The summed E-state index contributed by atoms with van der Waals surface area (Å²) in [6.07, 6.45) is 0. The van der Waals surface area contributed by atoms with E-state index in [1.807, 2.05) is 29.2 Å². The predicted molar refractivity (Wildman–Crippen MR) is 93.5 cm³/mol. The van der Waals surface area contributed by atoms with Gasteiger partial charge in [0.2, 0.25) is 0 Å². The number of ether oxygens (including phenoxy) is 2. The summed E-state index contributed by atoms with van der Waals surface area (Å²) in [5, 5.41) is 0.844. The summed E-state index contributed by atoms with van der Waals surface area (Å²) in [6, 6.07) is 7.29. The lowest BCUT2D eigenvalue weighted by Crippen LogP contribution is -2.39. The van der Waals surface area contributed by atoms with E-state index in [2.05, 4.69) is 4.99 Å². The van der Waals surface area contributed by atoms with Crippen molar-refractivity contribution < 1.29 is 17.9 Å². The minimum absolute atomic E-state index is 0.123. The summed E-state index contributed by atoms with van der Waals surface area (Å²) >= 11 is 1.59. The number of hydrogen-bond donors (Lipinski definition) is 0. The standard InChI is InChI=1S/C15H20N2O4S2/c1-20-7-8-22-15-16-11-9-23(18,19)10-13(11)17(15)12-5-3-4-6-14(12)21-2/h3-6,11,13H,7-10H2,1-2H3. The molecule has 0 bridgehead atoms. The van der Waals surface area contributed by atoms with Crippen LogP contribution in [0.5, 0.6) is 5.75 Å². The first-order valence-corrected chi connectivity index (χ1v) is 10.2. The Bertz CT molecular complexity index is 705. The van der Waals surface area contributed by atoms with Gasteiger partial charge < -0.3 is 14.4 Å². The zero-order valence-corrected chi connectivity index (χ0v) is 14.8. The molecule has 0 saturated carbocycles. The number of rotatable bonds is 5. The number of fused-ring (bicyclic) bond motifs is 1. The molecule has 2 atom stereocenters. The third-order valence-corrected chi connectivity index (χ3v) is 6.60. The summed E-state index contributed by atoms with van der Waals surface area (Å²) in [7, 11) is 0.243. The van der Waals surface area contributed by atoms with Crippen molar-refractivity contribution in [2.45, 2.75) is 12.1 Å². The van der Waals surface area contributed by atoms with Crippen molar-refractivity contribution in [1.29, 1.82) is 0 Å². The predicted octanol–water partition coefficient (Wildman–Crippen LogP) is 1.42. The Morgan fingerprint density at radius 3 is 2.83 bits per heavy atom. The number of anilines is 1. The van der Waals surface area contributed by atoms with Crippen molar-refractivity contribution in [3.8, 4) is 5.75 Å². The fourth-order valence-corrected chi connectivity index (χ4v) is 5.82. The molecule has 0 spiro atoms. The summed E-state index contributed by atoms with van der Waals surface area (Å²) in [5.41, 5.74) is 0.864. The van der Waals surface area contributed by atoms with E-state index in [1.165, 1.54) is 0 Å². The van der Waals surface area contributed by atoms with Crippen LogP contribution in [0.4, 0.5) is 5.69 Å². The van der Waals surface area contributed by atoms with E-state index in [-0.39, 0.29) is 23.6 Å². The van der Waals surface area contributed by atoms with Gasteiger partial charge in [0.25, 0.3) is 0 Å². The monoisotopic (exact) mass is 356 g/mol. The highest BCUT2D eigenvalue weighted by molar-refractivity contribution is 8.14. The topological polar surface area (TPSA) is 68.2 Å². The van der Waals surface area contributed by atoms with Gasteiger partial charge in [-0.1, -0.05) is 23.9 Å². The summed E-state index contributed by atoms with van der Waals surface area (Å²) in [4.78, 5) is 6.69. The van der Waals surface area contributed by atoms with Gasteiger partial charge in [0.05, 0.1) is 43.0 Å². The summed E-state index contributed by atoms with van der Waals surface area (Å²) in [5.74, 6) is 1.75. The normalized spacial score (nSPS) is 25.3. The van der Waals surface area contributed by atoms with Crippen LogP contribution in [0.25, 0.3) is 0 Å². The molecule has 2 heterocycles. The van der Waals surface area contributed by atoms with Crippen LogP contribution in [0, 0.1) is 0 Å². The third-order valence-electron chi connectivity index (χ3n) is 3.97. The molecule has 1 aromatic rings. The lowest BCUT2D eigenvalue weighted by molar-refractivity contribution is 0.219. The number of thioether (sulfide) groups is 1. The maximum atomic E-state index is 12.0. The highest BCUT2D eigenvalue weighted by atomic mass is 32.2. The van der Waals surface area contributed by atoms with Gasteiger partial charge in [-0.15, -0.1) is 0 Å². The van der Waals surface area contributed by atoms with Crippen LogP contribution >= 0.6 is 11.8 Å². The number of aliphatic imine (C=N–C) groups is 1. The second kappa shape index (κ2) is 6.70. The summed E-state index contributed by atoms with van der Waals surface area (Å²) < 4.78 is 34.5. The van der Waals surface area contributed by atoms with Crippen LogP contribution in [-0.2, 0) is 14.6 Å². The Morgan fingerprint density at radius 1 is 1.30 bits per heavy atom. The van der Waals surface area contributed by atoms with Gasteiger partial charge in [-0.25, -0.2) is 8.42 Å². The highest BCUT2D eigenvalue weighted by Crippen LogP contribution is 2.39. The van der Waals surface area contributed by atoms with Crippen LogP contribution in [-0.4, -0.2) is 63.8 Å². The Labute approximate surface area is 140 Å². The molecule has 8 heteroatoms. The number of methoxy groups -OCH3 is 2. The molecule has 126 valence electrons.